The molecule has 1 atom stereocenters. The molecule has 0 amide bonds. The summed E-state index contributed by atoms with van der Waals surface area (Å²) in [6, 6.07) is 17.4. The summed E-state index contributed by atoms with van der Waals surface area (Å²) in [7, 11) is 0. The minimum atomic E-state index is 0.142. The predicted molar refractivity (Wildman–Crippen MR) is 90.9 cm³/mol. The first-order valence-electron chi connectivity index (χ1n) is 7.57. The van der Waals surface area contributed by atoms with Crippen LogP contribution in [0.4, 0.5) is 0 Å². The number of nitrogens with one attached hydrogen (secondary N) is 1. The molecule has 21 heavy (non-hydrogen) atoms. The Bertz CT molecular complexity index is 608. The van der Waals surface area contributed by atoms with Gasteiger partial charge in [-0.15, -0.1) is 0 Å². The van der Waals surface area contributed by atoms with Gasteiger partial charge in [0.05, 0.1) is 6.04 Å². The highest BCUT2D eigenvalue weighted by Crippen LogP contribution is 2.37. The zero-order chi connectivity index (χ0) is 14.7. The molecule has 2 aromatic carbocycles. The van der Waals surface area contributed by atoms with Gasteiger partial charge in [-0.3, -0.25) is 11.3 Å². The molecule has 0 aliphatic heterocycles. The van der Waals surface area contributed by atoms with Crippen LogP contribution in [0.5, 0.6) is 0 Å². The second-order valence-corrected chi connectivity index (χ2v) is 6.67. The summed E-state index contributed by atoms with van der Waals surface area (Å²) >= 11 is 3.62. The average molecular weight is 345 g/mol. The summed E-state index contributed by atoms with van der Waals surface area (Å²) in [5.41, 5.74) is 6.99. The molecule has 1 aliphatic carbocycles. The topological polar surface area (TPSA) is 38.0 Å². The van der Waals surface area contributed by atoms with Gasteiger partial charge in [-0.25, -0.2) is 0 Å². The van der Waals surface area contributed by atoms with E-state index in [2.05, 4.69) is 63.8 Å². The first-order valence-corrected chi connectivity index (χ1v) is 8.36. The highest BCUT2D eigenvalue weighted by Gasteiger charge is 2.20. The molecular weight excluding hydrogens is 324 g/mol. The molecule has 3 N–H and O–H groups in total. The van der Waals surface area contributed by atoms with Gasteiger partial charge in [0.15, 0.2) is 0 Å². The normalized spacial score (nSPS) is 16.5. The van der Waals surface area contributed by atoms with Gasteiger partial charge >= 0.3 is 0 Å². The summed E-state index contributed by atoms with van der Waals surface area (Å²) in [5, 5.41) is 0. The van der Waals surface area contributed by atoms with Gasteiger partial charge in [0.1, 0.15) is 0 Å². The molecule has 1 unspecified atom stereocenters. The lowest BCUT2D eigenvalue weighted by Crippen LogP contribution is -2.29. The van der Waals surface area contributed by atoms with Crippen LogP contribution in [0.15, 0.2) is 53.0 Å². The van der Waals surface area contributed by atoms with Crippen LogP contribution in [0.2, 0.25) is 0 Å². The summed E-state index contributed by atoms with van der Waals surface area (Å²) < 4.78 is 1.14. The third-order valence-electron chi connectivity index (χ3n) is 4.47. The zero-order valence-corrected chi connectivity index (χ0v) is 13.6. The summed E-state index contributed by atoms with van der Waals surface area (Å²) in [4.78, 5) is 0. The van der Waals surface area contributed by atoms with Crippen molar-refractivity contribution in [3.05, 3.63) is 69.7 Å². The van der Waals surface area contributed by atoms with Crippen molar-refractivity contribution in [3.8, 4) is 0 Å². The van der Waals surface area contributed by atoms with Crippen LogP contribution in [-0.2, 0) is 6.42 Å². The fourth-order valence-corrected chi connectivity index (χ4v) is 3.37. The third kappa shape index (κ3) is 3.37. The molecule has 110 valence electrons. The van der Waals surface area contributed by atoms with Crippen molar-refractivity contribution in [2.24, 2.45) is 5.84 Å². The van der Waals surface area contributed by atoms with Gasteiger partial charge in [0, 0.05) is 4.47 Å². The van der Waals surface area contributed by atoms with E-state index in [-0.39, 0.29) is 6.04 Å². The Hall–Kier alpha value is -1.16. The Kier molecular flexibility index (Phi) is 4.73. The van der Waals surface area contributed by atoms with Gasteiger partial charge in [-0.2, -0.15) is 0 Å². The van der Waals surface area contributed by atoms with E-state index < -0.39 is 0 Å². The second-order valence-electron chi connectivity index (χ2n) is 5.81. The van der Waals surface area contributed by atoms with Crippen molar-refractivity contribution >= 4 is 15.9 Å². The van der Waals surface area contributed by atoms with Crippen molar-refractivity contribution < 1.29 is 0 Å². The molecule has 1 fully saturated rings. The Morgan fingerprint density at radius 1 is 1.14 bits per heavy atom. The molecule has 2 aromatic rings. The van der Waals surface area contributed by atoms with Crippen molar-refractivity contribution in [1.82, 2.24) is 5.43 Å². The number of nitrogens with two attached hydrogens (primary N) is 1. The van der Waals surface area contributed by atoms with Gasteiger partial charge in [-0.1, -0.05) is 64.8 Å². The molecule has 1 aliphatic rings. The van der Waals surface area contributed by atoms with E-state index in [4.69, 9.17) is 5.84 Å². The van der Waals surface area contributed by atoms with Gasteiger partial charge in [0.25, 0.3) is 0 Å². The Balaban J connectivity index is 1.81. The SMILES string of the molecule is NNC(Cc1ccccc1Br)c1cccc(C2CCC2)c1. The maximum Gasteiger partial charge on any atom is 0.0500 e. The molecule has 0 radical (unpaired) electrons. The molecule has 0 spiro atoms. The molecule has 0 saturated heterocycles. The molecule has 0 aromatic heterocycles. The summed E-state index contributed by atoms with van der Waals surface area (Å²) in [6.45, 7) is 0. The highest BCUT2D eigenvalue weighted by molar-refractivity contribution is 9.10. The van der Waals surface area contributed by atoms with E-state index in [0.717, 1.165) is 16.8 Å². The fourth-order valence-electron chi connectivity index (χ4n) is 2.93. The summed E-state index contributed by atoms with van der Waals surface area (Å²) in [5.74, 6) is 6.57. The lowest BCUT2D eigenvalue weighted by molar-refractivity contribution is 0.419. The lowest BCUT2D eigenvalue weighted by Gasteiger charge is -2.27. The van der Waals surface area contributed by atoms with E-state index in [1.807, 2.05) is 6.07 Å². The maximum absolute atomic E-state index is 5.81. The van der Waals surface area contributed by atoms with Crippen LogP contribution < -0.4 is 11.3 Å². The van der Waals surface area contributed by atoms with Crippen molar-refractivity contribution in [2.45, 2.75) is 37.6 Å². The standard InChI is InChI=1S/C18H21BrN2/c19-17-10-2-1-5-15(17)12-18(21-20)16-9-4-8-14(11-16)13-6-3-7-13/h1-2,4-5,8-11,13,18,21H,3,6-7,12,20H2. The molecule has 0 bridgehead atoms. The minimum absolute atomic E-state index is 0.142. The predicted octanol–water partition coefficient (Wildman–Crippen LogP) is 4.46. The Morgan fingerprint density at radius 2 is 1.95 bits per heavy atom. The number of hydrogen-bond donors (Lipinski definition) is 2. The van der Waals surface area contributed by atoms with Crippen LogP contribution in [0.1, 0.15) is 47.9 Å². The first-order chi connectivity index (χ1) is 10.3. The van der Waals surface area contributed by atoms with Crippen LogP contribution >= 0.6 is 15.9 Å². The van der Waals surface area contributed by atoms with E-state index in [1.54, 1.807) is 0 Å². The molecule has 3 rings (SSSR count). The Morgan fingerprint density at radius 3 is 2.62 bits per heavy atom. The zero-order valence-electron chi connectivity index (χ0n) is 12.1. The number of rotatable bonds is 5. The first kappa shape index (κ1) is 14.8. The van der Waals surface area contributed by atoms with Crippen LogP contribution in [-0.4, -0.2) is 0 Å². The quantitative estimate of drug-likeness (QED) is 0.620. The molecule has 1 saturated carbocycles. The second kappa shape index (κ2) is 6.73. The molecule has 0 heterocycles. The Labute approximate surface area is 134 Å². The van der Waals surface area contributed by atoms with E-state index >= 15 is 0 Å². The van der Waals surface area contributed by atoms with Crippen LogP contribution in [0.3, 0.4) is 0 Å². The van der Waals surface area contributed by atoms with Crippen LogP contribution in [0.25, 0.3) is 0 Å². The summed E-state index contributed by atoms with van der Waals surface area (Å²) in [6.07, 6.45) is 4.90. The monoisotopic (exact) mass is 344 g/mol. The third-order valence-corrected chi connectivity index (χ3v) is 5.25. The van der Waals surface area contributed by atoms with E-state index in [0.29, 0.717) is 0 Å². The maximum atomic E-state index is 5.81. The fraction of sp³-hybridized carbons (Fsp3) is 0.333. The largest absolute Gasteiger partial charge is 0.271 e. The van der Waals surface area contributed by atoms with Crippen molar-refractivity contribution in [3.63, 3.8) is 0 Å². The minimum Gasteiger partial charge on any atom is -0.271 e. The van der Waals surface area contributed by atoms with E-state index in [9.17, 15) is 0 Å². The highest BCUT2D eigenvalue weighted by atomic mass is 79.9. The van der Waals surface area contributed by atoms with Gasteiger partial charge in [0.2, 0.25) is 0 Å². The molecule has 3 heteroatoms. The smallest absolute Gasteiger partial charge is 0.0500 e. The lowest BCUT2D eigenvalue weighted by atomic mass is 9.79. The number of hydrogen-bond acceptors (Lipinski definition) is 2. The van der Waals surface area contributed by atoms with Crippen LogP contribution in [0, 0.1) is 0 Å². The average Bonchev–Trinajstić information content (AvgIpc) is 2.45. The molecule has 2 nitrogen and oxygen atoms in total. The molecular formula is C18H21BrN2. The van der Waals surface area contributed by atoms with Gasteiger partial charge in [-0.05, 0) is 47.9 Å². The van der Waals surface area contributed by atoms with Crippen molar-refractivity contribution in [1.29, 1.82) is 0 Å². The number of hydrazine groups is 1. The van der Waals surface area contributed by atoms with E-state index in [1.165, 1.54) is 36.0 Å². The number of benzene rings is 2. The van der Waals surface area contributed by atoms with Crippen molar-refractivity contribution in [2.75, 3.05) is 0 Å². The van der Waals surface area contributed by atoms with Gasteiger partial charge < -0.3 is 0 Å². The number of halogens is 1.